The maximum atomic E-state index is 5.89. The molecule has 2 atom stereocenters. The highest BCUT2D eigenvalue weighted by molar-refractivity contribution is 7.09. The number of nitrogens with zero attached hydrogens (tertiary/aromatic N) is 2. The Balaban J connectivity index is 1.57. The Morgan fingerprint density at radius 1 is 1.29 bits per heavy atom. The summed E-state index contributed by atoms with van der Waals surface area (Å²) in [5.41, 5.74) is 2.67. The number of halogens is 1. The smallest absolute Gasteiger partial charge is 0.129 e. The third-order valence-corrected chi connectivity index (χ3v) is 5.64. The number of thiophene rings is 1. The minimum absolute atomic E-state index is 0.567. The van der Waals surface area contributed by atoms with E-state index >= 15 is 0 Å². The van der Waals surface area contributed by atoms with E-state index in [0.717, 1.165) is 13.0 Å². The van der Waals surface area contributed by atoms with Crippen molar-refractivity contribution in [1.29, 1.82) is 0 Å². The van der Waals surface area contributed by atoms with Crippen LogP contribution in [-0.2, 0) is 6.54 Å². The molecule has 0 aromatic carbocycles. The van der Waals surface area contributed by atoms with E-state index in [2.05, 4.69) is 39.5 Å². The van der Waals surface area contributed by atoms with E-state index in [9.17, 15) is 0 Å². The largest absolute Gasteiger partial charge is 0.289 e. The van der Waals surface area contributed by atoms with Gasteiger partial charge >= 0.3 is 0 Å². The van der Waals surface area contributed by atoms with Crippen molar-refractivity contribution in [2.24, 2.45) is 0 Å². The summed E-state index contributed by atoms with van der Waals surface area (Å²) >= 11 is 7.75. The third kappa shape index (κ3) is 2.66. The Hall–Kier alpha value is -1.16. The molecule has 0 N–H and O–H groups in total. The molecule has 4 heteroatoms. The van der Waals surface area contributed by atoms with Gasteiger partial charge in [-0.05, 0) is 47.9 Å². The first-order valence-electron chi connectivity index (χ1n) is 7.40. The summed E-state index contributed by atoms with van der Waals surface area (Å²) in [6, 6.07) is 9.62. The average Bonchev–Trinajstić information content (AvgIpc) is 3.07. The van der Waals surface area contributed by atoms with Crippen molar-refractivity contribution >= 4 is 28.5 Å². The van der Waals surface area contributed by atoms with Gasteiger partial charge in [0.05, 0.1) is 0 Å². The molecule has 0 unspecified atom stereocenters. The Morgan fingerprint density at radius 3 is 2.95 bits per heavy atom. The lowest BCUT2D eigenvalue weighted by atomic mass is 9.96. The number of hydrogen-bond donors (Lipinski definition) is 0. The summed E-state index contributed by atoms with van der Waals surface area (Å²) in [4.78, 5) is 8.35. The van der Waals surface area contributed by atoms with Crippen LogP contribution in [0.5, 0.6) is 0 Å². The van der Waals surface area contributed by atoms with Crippen LogP contribution in [0, 0.1) is 0 Å². The van der Waals surface area contributed by atoms with E-state index in [1.165, 1.54) is 28.9 Å². The number of hydrogen-bond acceptors (Lipinski definition) is 3. The summed E-state index contributed by atoms with van der Waals surface area (Å²) < 4.78 is 0. The van der Waals surface area contributed by atoms with E-state index in [-0.39, 0.29) is 0 Å². The Bertz CT molecular complexity index is 648. The zero-order chi connectivity index (χ0) is 14.2. The molecular formula is C17H17ClN2S. The molecule has 1 fully saturated rings. The van der Waals surface area contributed by atoms with Gasteiger partial charge in [0.2, 0.25) is 0 Å². The SMILES string of the molecule is Clc1ccc(C2=C[C@H]3CC[C@@H](C2)N3Cc2cccs2)cn1. The van der Waals surface area contributed by atoms with Crippen molar-refractivity contribution < 1.29 is 0 Å². The van der Waals surface area contributed by atoms with Crippen LogP contribution in [0.4, 0.5) is 0 Å². The van der Waals surface area contributed by atoms with E-state index < -0.39 is 0 Å². The molecule has 2 bridgehead atoms. The van der Waals surface area contributed by atoms with Crippen LogP contribution in [0.2, 0.25) is 5.15 Å². The summed E-state index contributed by atoms with van der Waals surface area (Å²) in [6.07, 6.45) is 8.06. The lowest BCUT2D eigenvalue weighted by Gasteiger charge is -2.33. The molecule has 0 saturated carbocycles. The van der Waals surface area contributed by atoms with Gasteiger partial charge in [-0.15, -0.1) is 11.3 Å². The summed E-state index contributed by atoms with van der Waals surface area (Å²) in [5.74, 6) is 0. The minimum atomic E-state index is 0.567. The molecule has 2 aliphatic heterocycles. The van der Waals surface area contributed by atoms with Crippen LogP contribution in [0.15, 0.2) is 41.9 Å². The number of rotatable bonds is 3. The molecule has 0 aliphatic carbocycles. The van der Waals surface area contributed by atoms with Gasteiger partial charge in [0.15, 0.2) is 0 Å². The first kappa shape index (κ1) is 13.5. The molecule has 0 radical (unpaired) electrons. The van der Waals surface area contributed by atoms with E-state index in [0.29, 0.717) is 17.2 Å². The molecule has 4 rings (SSSR count). The quantitative estimate of drug-likeness (QED) is 0.768. The maximum Gasteiger partial charge on any atom is 0.129 e. The Kier molecular flexibility index (Phi) is 3.57. The second-order valence-electron chi connectivity index (χ2n) is 5.82. The molecule has 4 heterocycles. The average molecular weight is 317 g/mol. The van der Waals surface area contributed by atoms with Crippen molar-refractivity contribution in [1.82, 2.24) is 9.88 Å². The first-order valence-corrected chi connectivity index (χ1v) is 8.66. The van der Waals surface area contributed by atoms with Crippen LogP contribution in [0.3, 0.4) is 0 Å². The van der Waals surface area contributed by atoms with Crippen LogP contribution >= 0.6 is 22.9 Å². The van der Waals surface area contributed by atoms with Crippen molar-refractivity contribution in [2.45, 2.75) is 37.9 Å². The van der Waals surface area contributed by atoms with Crippen molar-refractivity contribution in [3.05, 3.63) is 57.5 Å². The van der Waals surface area contributed by atoms with Gasteiger partial charge in [-0.3, -0.25) is 4.90 Å². The van der Waals surface area contributed by atoms with Gasteiger partial charge in [0.1, 0.15) is 5.15 Å². The number of fused-ring (bicyclic) bond motifs is 2. The summed E-state index contributed by atoms with van der Waals surface area (Å²) in [6.45, 7) is 1.09. The second-order valence-corrected chi connectivity index (χ2v) is 7.24. The highest BCUT2D eigenvalue weighted by Gasteiger charge is 2.36. The monoisotopic (exact) mass is 316 g/mol. The van der Waals surface area contributed by atoms with Gasteiger partial charge < -0.3 is 0 Å². The minimum Gasteiger partial charge on any atom is -0.289 e. The van der Waals surface area contributed by atoms with Crippen LogP contribution in [0.1, 0.15) is 29.7 Å². The van der Waals surface area contributed by atoms with Crippen LogP contribution in [0.25, 0.3) is 5.57 Å². The van der Waals surface area contributed by atoms with Crippen molar-refractivity contribution in [3.8, 4) is 0 Å². The Morgan fingerprint density at radius 2 is 2.24 bits per heavy atom. The van der Waals surface area contributed by atoms with Crippen LogP contribution < -0.4 is 0 Å². The molecule has 21 heavy (non-hydrogen) atoms. The molecular weight excluding hydrogens is 300 g/mol. The van der Waals surface area contributed by atoms with Gasteiger partial charge in [-0.1, -0.05) is 29.8 Å². The zero-order valence-electron chi connectivity index (χ0n) is 11.7. The molecule has 2 aromatic heterocycles. The van der Waals surface area contributed by atoms with E-state index in [4.69, 9.17) is 11.6 Å². The fourth-order valence-corrected chi connectivity index (χ4v) is 4.35. The highest BCUT2D eigenvalue weighted by Crippen LogP contribution is 2.39. The zero-order valence-corrected chi connectivity index (χ0v) is 13.3. The lowest BCUT2D eigenvalue weighted by Crippen LogP contribution is -2.37. The fourth-order valence-electron chi connectivity index (χ4n) is 3.53. The molecule has 2 aromatic rings. The van der Waals surface area contributed by atoms with Gasteiger partial charge in [0.25, 0.3) is 0 Å². The molecule has 0 amide bonds. The predicted octanol–water partition coefficient (Wildman–Crippen LogP) is 4.62. The van der Waals surface area contributed by atoms with Gasteiger partial charge in [-0.25, -0.2) is 4.98 Å². The standard InChI is InChI=1S/C17H17ClN2S/c18-17-6-3-12(10-19-17)13-8-14-4-5-15(9-13)20(14)11-16-2-1-7-21-16/h1-3,6-8,10,14-15H,4-5,9,11H2/t14-,15+/m1/s1. The topological polar surface area (TPSA) is 16.1 Å². The fraction of sp³-hybridized carbons (Fsp3) is 0.353. The Labute approximate surface area is 134 Å². The molecule has 108 valence electrons. The maximum absolute atomic E-state index is 5.89. The van der Waals surface area contributed by atoms with Gasteiger partial charge in [-0.2, -0.15) is 0 Å². The first-order chi connectivity index (χ1) is 10.3. The second kappa shape index (κ2) is 5.56. The van der Waals surface area contributed by atoms with E-state index in [1.54, 1.807) is 0 Å². The van der Waals surface area contributed by atoms with Crippen molar-refractivity contribution in [3.63, 3.8) is 0 Å². The molecule has 0 spiro atoms. The van der Waals surface area contributed by atoms with Crippen molar-refractivity contribution in [2.75, 3.05) is 0 Å². The third-order valence-electron chi connectivity index (χ3n) is 4.56. The molecule has 2 aliphatic rings. The number of aromatic nitrogens is 1. The summed E-state index contributed by atoms with van der Waals surface area (Å²) in [7, 11) is 0. The van der Waals surface area contributed by atoms with E-state index in [1.807, 2.05) is 23.6 Å². The molecule has 2 nitrogen and oxygen atoms in total. The molecule has 1 saturated heterocycles. The lowest BCUT2D eigenvalue weighted by molar-refractivity contribution is 0.205. The highest BCUT2D eigenvalue weighted by atomic mass is 35.5. The van der Waals surface area contributed by atoms with Gasteiger partial charge in [0, 0.05) is 29.7 Å². The predicted molar refractivity (Wildman–Crippen MR) is 88.5 cm³/mol. The summed E-state index contributed by atoms with van der Waals surface area (Å²) in [5, 5.41) is 2.74. The van der Waals surface area contributed by atoms with Crippen LogP contribution in [-0.4, -0.2) is 22.0 Å². The number of pyridine rings is 1. The normalized spacial score (nSPS) is 25.1.